The van der Waals surface area contributed by atoms with Gasteiger partial charge in [-0.15, -0.1) is 10.2 Å². The Morgan fingerprint density at radius 3 is 3.06 bits per heavy atom. The topological polar surface area (TPSA) is 85.3 Å². The molecule has 1 aliphatic carbocycles. The Morgan fingerprint density at radius 1 is 1.44 bits per heavy atom. The second kappa shape index (κ2) is 4.06. The van der Waals surface area contributed by atoms with Crippen LogP contribution in [0.3, 0.4) is 0 Å². The zero-order valence-electron chi connectivity index (χ0n) is 9.97. The summed E-state index contributed by atoms with van der Waals surface area (Å²) in [6.07, 6.45) is 4.13. The van der Waals surface area contributed by atoms with Gasteiger partial charge in [0.2, 0.25) is 5.91 Å². The third-order valence-corrected chi connectivity index (χ3v) is 3.26. The zero-order chi connectivity index (χ0) is 12.6. The number of carbonyl (C=O) groups is 1. The van der Waals surface area contributed by atoms with Crippen LogP contribution in [-0.2, 0) is 11.2 Å². The Bertz CT molecular complexity index is 587. The molecule has 2 aromatic rings. The second-order valence-electron chi connectivity index (χ2n) is 4.71. The molecule has 1 fully saturated rings. The predicted molar refractivity (Wildman–Crippen MR) is 65.9 cm³/mol. The van der Waals surface area contributed by atoms with E-state index in [1.165, 1.54) is 0 Å². The summed E-state index contributed by atoms with van der Waals surface area (Å²) in [5.41, 5.74) is 6.01. The van der Waals surface area contributed by atoms with Gasteiger partial charge in [-0.25, -0.2) is 0 Å². The van der Waals surface area contributed by atoms with Crippen LogP contribution >= 0.6 is 0 Å². The number of fused-ring (bicyclic) bond motifs is 1. The van der Waals surface area contributed by atoms with Gasteiger partial charge in [0.25, 0.3) is 0 Å². The van der Waals surface area contributed by atoms with Gasteiger partial charge in [0, 0.05) is 19.2 Å². The summed E-state index contributed by atoms with van der Waals surface area (Å²) in [4.78, 5) is 11.6. The highest BCUT2D eigenvalue weighted by atomic mass is 16.2. The highest BCUT2D eigenvalue weighted by Gasteiger charge is 2.45. The van der Waals surface area contributed by atoms with Crippen LogP contribution in [0.5, 0.6) is 0 Å². The van der Waals surface area contributed by atoms with Crippen molar-refractivity contribution in [1.29, 1.82) is 0 Å². The minimum Gasteiger partial charge on any atom is -0.354 e. The highest BCUT2D eigenvalue weighted by Crippen LogP contribution is 2.31. The Labute approximate surface area is 104 Å². The Hall–Kier alpha value is -1.95. The molecule has 1 aliphatic rings. The molecule has 0 spiro atoms. The summed E-state index contributed by atoms with van der Waals surface area (Å²) in [5, 5.41) is 11.0. The van der Waals surface area contributed by atoms with E-state index in [1.54, 1.807) is 0 Å². The monoisotopic (exact) mass is 245 g/mol. The van der Waals surface area contributed by atoms with E-state index >= 15 is 0 Å². The summed E-state index contributed by atoms with van der Waals surface area (Å²) in [7, 11) is 0. The number of pyridine rings is 1. The van der Waals surface area contributed by atoms with E-state index in [4.69, 9.17) is 5.73 Å². The molecular weight excluding hydrogens is 230 g/mol. The van der Waals surface area contributed by atoms with Gasteiger partial charge >= 0.3 is 0 Å². The van der Waals surface area contributed by atoms with Crippen molar-refractivity contribution in [2.24, 2.45) is 5.73 Å². The molecule has 6 nitrogen and oxygen atoms in total. The lowest BCUT2D eigenvalue weighted by atomic mass is 10.2. The summed E-state index contributed by atoms with van der Waals surface area (Å²) in [6.45, 7) is 0.535. The molecule has 94 valence electrons. The number of nitrogens with two attached hydrogens (primary N) is 1. The lowest BCUT2D eigenvalue weighted by Gasteiger charge is -2.09. The Kier molecular flexibility index (Phi) is 2.52. The van der Waals surface area contributed by atoms with Crippen LogP contribution in [0.25, 0.3) is 5.65 Å². The van der Waals surface area contributed by atoms with Gasteiger partial charge in [-0.3, -0.25) is 9.20 Å². The van der Waals surface area contributed by atoms with Gasteiger partial charge in [-0.1, -0.05) is 6.07 Å². The molecule has 0 unspecified atom stereocenters. The quantitative estimate of drug-likeness (QED) is 0.786. The second-order valence-corrected chi connectivity index (χ2v) is 4.71. The van der Waals surface area contributed by atoms with Crippen molar-refractivity contribution in [3.05, 3.63) is 30.2 Å². The lowest BCUT2D eigenvalue weighted by molar-refractivity contribution is -0.123. The van der Waals surface area contributed by atoms with Crippen molar-refractivity contribution >= 4 is 11.6 Å². The largest absolute Gasteiger partial charge is 0.354 e. The molecule has 0 atom stereocenters. The van der Waals surface area contributed by atoms with E-state index in [9.17, 15) is 4.79 Å². The third-order valence-electron chi connectivity index (χ3n) is 3.26. The molecule has 2 heterocycles. The lowest BCUT2D eigenvalue weighted by Crippen LogP contribution is -2.43. The number of nitrogens with one attached hydrogen (secondary N) is 1. The molecule has 6 heteroatoms. The molecule has 0 bridgehead atoms. The van der Waals surface area contributed by atoms with Gasteiger partial charge < -0.3 is 11.1 Å². The average molecular weight is 245 g/mol. The number of aromatic nitrogens is 3. The number of rotatable bonds is 4. The fraction of sp³-hybridized carbons (Fsp3) is 0.417. The normalized spacial score (nSPS) is 16.7. The van der Waals surface area contributed by atoms with Crippen LogP contribution in [0, 0.1) is 0 Å². The number of nitrogens with zero attached hydrogens (tertiary/aromatic N) is 3. The molecule has 0 saturated heterocycles. The molecule has 2 aromatic heterocycles. The standard InChI is InChI=1S/C12H15N5O/c13-12(5-6-12)11(18)14-7-4-10-16-15-9-3-1-2-8-17(9)10/h1-3,8H,4-7,13H2,(H,14,18). The molecule has 3 N–H and O–H groups in total. The minimum absolute atomic E-state index is 0.0590. The Morgan fingerprint density at radius 2 is 2.28 bits per heavy atom. The maximum atomic E-state index is 11.6. The molecule has 18 heavy (non-hydrogen) atoms. The van der Waals surface area contributed by atoms with Gasteiger partial charge in [0.15, 0.2) is 5.65 Å². The van der Waals surface area contributed by atoms with Crippen molar-refractivity contribution < 1.29 is 4.79 Å². The number of hydrogen-bond acceptors (Lipinski definition) is 4. The van der Waals surface area contributed by atoms with Crippen molar-refractivity contribution in [3.63, 3.8) is 0 Å². The van der Waals surface area contributed by atoms with E-state index in [0.29, 0.717) is 13.0 Å². The first-order valence-electron chi connectivity index (χ1n) is 6.05. The molecule has 3 rings (SSSR count). The van der Waals surface area contributed by atoms with E-state index in [0.717, 1.165) is 24.3 Å². The van der Waals surface area contributed by atoms with Crippen LogP contribution < -0.4 is 11.1 Å². The SMILES string of the molecule is NC1(C(=O)NCCc2nnc3ccccn23)CC1. The van der Waals surface area contributed by atoms with Crippen LogP contribution in [0.15, 0.2) is 24.4 Å². The predicted octanol–water partition coefficient (Wildman–Crippen LogP) is -0.121. The first-order valence-corrected chi connectivity index (χ1v) is 6.05. The average Bonchev–Trinajstić information content (AvgIpc) is 3.01. The number of carbonyl (C=O) groups excluding carboxylic acids is 1. The van der Waals surface area contributed by atoms with Gasteiger partial charge in [-0.05, 0) is 25.0 Å². The van der Waals surface area contributed by atoms with Crippen molar-refractivity contribution in [2.45, 2.75) is 24.8 Å². The van der Waals surface area contributed by atoms with E-state index in [-0.39, 0.29) is 5.91 Å². The van der Waals surface area contributed by atoms with Gasteiger partial charge in [-0.2, -0.15) is 0 Å². The third kappa shape index (κ3) is 1.95. The first kappa shape index (κ1) is 11.2. The fourth-order valence-electron chi connectivity index (χ4n) is 1.89. The van der Waals surface area contributed by atoms with E-state index in [2.05, 4.69) is 15.5 Å². The van der Waals surface area contributed by atoms with Crippen LogP contribution in [0.1, 0.15) is 18.7 Å². The maximum Gasteiger partial charge on any atom is 0.240 e. The van der Waals surface area contributed by atoms with E-state index < -0.39 is 5.54 Å². The fourth-order valence-corrected chi connectivity index (χ4v) is 1.89. The summed E-state index contributed by atoms with van der Waals surface area (Å²) >= 11 is 0. The molecule has 0 aromatic carbocycles. The van der Waals surface area contributed by atoms with Crippen LogP contribution in [-0.4, -0.2) is 32.6 Å². The Balaban J connectivity index is 1.61. The molecule has 0 aliphatic heterocycles. The smallest absolute Gasteiger partial charge is 0.240 e. The van der Waals surface area contributed by atoms with Crippen molar-refractivity contribution in [3.8, 4) is 0 Å². The molecule has 1 amide bonds. The van der Waals surface area contributed by atoms with Crippen LogP contribution in [0.4, 0.5) is 0 Å². The summed E-state index contributed by atoms with van der Waals surface area (Å²) < 4.78 is 1.92. The van der Waals surface area contributed by atoms with Crippen LogP contribution in [0.2, 0.25) is 0 Å². The highest BCUT2D eigenvalue weighted by molar-refractivity contribution is 5.88. The van der Waals surface area contributed by atoms with E-state index in [1.807, 2.05) is 28.8 Å². The summed E-state index contributed by atoms with van der Waals surface area (Å²) in [6, 6.07) is 5.74. The minimum atomic E-state index is -0.604. The molecule has 0 radical (unpaired) electrons. The zero-order valence-corrected chi connectivity index (χ0v) is 9.97. The summed E-state index contributed by atoms with van der Waals surface area (Å²) in [5.74, 6) is 0.782. The molecule has 1 saturated carbocycles. The molecular formula is C12H15N5O. The van der Waals surface area contributed by atoms with Crippen molar-refractivity contribution in [1.82, 2.24) is 19.9 Å². The maximum absolute atomic E-state index is 11.6. The van der Waals surface area contributed by atoms with Gasteiger partial charge in [0.1, 0.15) is 5.82 Å². The number of amides is 1. The number of hydrogen-bond donors (Lipinski definition) is 2. The first-order chi connectivity index (χ1) is 8.69. The van der Waals surface area contributed by atoms with Gasteiger partial charge in [0.05, 0.1) is 5.54 Å². The van der Waals surface area contributed by atoms with Crippen molar-refractivity contribution in [2.75, 3.05) is 6.54 Å².